The minimum Gasteiger partial charge on any atom is -0.337 e. The van der Waals surface area contributed by atoms with Crippen molar-refractivity contribution in [1.29, 1.82) is 0 Å². The van der Waals surface area contributed by atoms with Gasteiger partial charge in [0.05, 0.1) is 16.8 Å². The third kappa shape index (κ3) is 3.62. The maximum Gasteiger partial charge on any atom is 0.254 e. The van der Waals surface area contributed by atoms with Gasteiger partial charge in [-0.15, -0.1) is 0 Å². The Labute approximate surface area is 164 Å². The number of amides is 1. The van der Waals surface area contributed by atoms with E-state index < -0.39 is 0 Å². The van der Waals surface area contributed by atoms with Crippen LogP contribution in [0.15, 0.2) is 79.1 Å². The molecule has 28 heavy (non-hydrogen) atoms. The van der Waals surface area contributed by atoms with E-state index in [0.717, 1.165) is 27.7 Å². The number of pyridine rings is 2. The first-order valence-electron chi connectivity index (χ1n) is 9.23. The van der Waals surface area contributed by atoms with Crippen molar-refractivity contribution in [1.82, 2.24) is 14.9 Å². The van der Waals surface area contributed by atoms with E-state index in [4.69, 9.17) is 4.98 Å². The van der Waals surface area contributed by atoms with E-state index >= 15 is 0 Å². The molecule has 2 aromatic carbocycles. The van der Waals surface area contributed by atoms with E-state index in [2.05, 4.69) is 36.2 Å². The lowest BCUT2D eigenvalue weighted by Crippen LogP contribution is -2.26. The van der Waals surface area contributed by atoms with E-state index in [1.807, 2.05) is 49.5 Å². The number of benzene rings is 2. The molecule has 138 valence electrons. The van der Waals surface area contributed by atoms with Crippen LogP contribution in [-0.2, 0) is 6.54 Å². The van der Waals surface area contributed by atoms with Crippen molar-refractivity contribution in [3.63, 3.8) is 0 Å². The summed E-state index contributed by atoms with van der Waals surface area (Å²) in [7, 11) is 1.84. The fraction of sp³-hybridized carbons (Fsp3) is 0.125. The van der Waals surface area contributed by atoms with Crippen LogP contribution >= 0.6 is 0 Å². The van der Waals surface area contributed by atoms with Crippen LogP contribution in [0.25, 0.3) is 22.2 Å². The Morgan fingerprint density at radius 1 is 0.964 bits per heavy atom. The van der Waals surface area contributed by atoms with Gasteiger partial charge in [0.1, 0.15) is 0 Å². The van der Waals surface area contributed by atoms with Crippen molar-refractivity contribution in [2.45, 2.75) is 13.5 Å². The Balaban J connectivity index is 1.73. The molecule has 0 fully saturated rings. The first-order chi connectivity index (χ1) is 13.6. The molecule has 0 atom stereocenters. The lowest BCUT2D eigenvalue weighted by Gasteiger charge is -2.19. The molecular formula is C24H21N3O. The van der Waals surface area contributed by atoms with Gasteiger partial charge in [0.25, 0.3) is 5.91 Å². The average Bonchev–Trinajstić information content (AvgIpc) is 2.74. The normalized spacial score (nSPS) is 10.8. The van der Waals surface area contributed by atoms with E-state index in [1.54, 1.807) is 17.3 Å². The molecule has 4 rings (SSSR count). The number of aryl methyl sites for hydroxylation is 1. The number of hydrogen-bond donors (Lipinski definition) is 0. The van der Waals surface area contributed by atoms with Crippen LogP contribution < -0.4 is 0 Å². The number of nitrogens with zero attached hydrogens (tertiary/aromatic N) is 3. The second-order valence-electron chi connectivity index (χ2n) is 6.95. The fourth-order valence-corrected chi connectivity index (χ4v) is 3.27. The number of rotatable bonds is 4. The van der Waals surface area contributed by atoms with Gasteiger partial charge < -0.3 is 4.90 Å². The summed E-state index contributed by atoms with van der Waals surface area (Å²) in [4.78, 5) is 23.9. The molecule has 0 saturated heterocycles. The molecule has 2 heterocycles. The minimum absolute atomic E-state index is 0.0190. The Hall–Kier alpha value is -3.53. The number of hydrogen-bond acceptors (Lipinski definition) is 3. The summed E-state index contributed by atoms with van der Waals surface area (Å²) >= 11 is 0. The van der Waals surface area contributed by atoms with Crippen LogP contribution in [0.3, 0.4) is 0 Å². The van der Waals surface area contributed by atoms with Crippen LogP contribution in [-0.4, -0.2) is 27.8 Å². The number of carbonyl (C=O) groups is 1. The highest BCUT2D eigenvalue weighted by Gasteiger charge is 2.17. The second-order valence-corrected chi connectivity index (χ2v) is 6.95. The van der Waals surface area contributed by atoms with Crippen molar-refractivity contribution in [2.75, 3.05) is 7.05 Å². The van der Waals surface area contributed by atoms with E-state index in [0.29, 0.717) is 12.1 Å². The van der Waals surface area contributed by atoms with E-state index in [-0.39, 0.29) is 5.91 Å². The van der Waals surface area contributed by atoms with Crippen molar-refractivity contribution in [2.24, 2.45) is 0 Å². The smallest absolute Gasteiger partial charge is 0.254 e. The zero-order valence-electron chi connectivity index (χ0n) is 16.0. The van der Waals surface area contributed by atoms with Gasteiger partial charge >= 0.3 is 0 Å². The van der Waals surface area contributed by atoms with Crippen molar-refractivity contribution < 1.29 is 4.79 Å². The number of aromatic nitrogens is 2. The third-order valence-electron chi connectivity index (χ3n) is 4.81. The Morgan fingerprint density at radius 3 is 2.43 bits per heavy atom. The highest BCUT2D eigenvalue weighted by Crippen LogP contribution is 2.25. The summed E-state index contributed by atoms with van der Waals surface area (Å²) in [5, 5.41) is 0.862. The van der Waals surface area contributed by atoms with Crippen molar-refractivity contribution >= 4 is 16.8 Å². The van der Waals surface area contributed by atoms with Crippen LogP contribution in [0.5, 0.6) is 0 Å². The molecule has 0 N–H and O–H groups in total. The largest absolute Gasteiger partial charge is 0.337 e. The molecule has 0 spiro atoms. The highest BCUT2D eigenvalue weighted by molar-refractivity contribution is 6.07. The fourth-order valence-electron chi connectivity index (χ4n) is 3.27. The van der Waals surface area contributed by atoms with Gasteiger partial charge in [-0.2, -0.15) is 0 Å². The topological polar surface area (TPSA) is 46.1 Å². The molecule has 0 saturated carbocycles. The molecule has 0 aliphatic heterocycles. The van der Waals surface area contributed by atoms with Crippen molar-refractivity contribution in [3.8, 4) is 11.3 Å². The quantitative estimate of drug-likeness (QED) is 0.516. The number of fused-ring (bicyclic) bond motifs is 1. The van der Waals surface area contributed by atoms with Gasteiger partial charge in [0.2, 0.25) is 0 Å². The Kier molecular flexibility index (Phi) is 4.85. The van der Waals surface area contributed by atoms with Crippen LogP contribution in [0.1, 0.15) is 21.5 Å². The third-order valence-corrected chi connectivity index (χ3v) is 4.81. The summed E-state index contributed by atoms with van der Waals surface area (Å²) in [6.07, 6.45) is 3.47. The van der Waals surface area contributed by atoms with Gasteiger partial charge in [-0.25, -0.2) is 4.98 Å². The predicted octanol–water partition coefficient (Wildman–Crippen LogP) is 4.88. The lowest BCUT2D eigenvalue weighted by atomic mass is 10.0. The van der Waals surface area contributed by atoms with Gasteiger partial charge in [-0.3, -0.25) is 9.78 Å². The molecule has 0 unspecified atom stereocenters. The number of carbonyl (C=O) groups excluding carboxylic acids is 1. The summed E-state index contributed by atoms with van der Waals surface area (Å²) in [6, 6.07) is 21.7. The molecule has 1 amide bonds. The van der Waals surface area contributed by atoms with E-state index in [9.17, 15) is 4.79 Å². The highest BCUT2D eigenvalue weighted by atomic mass is 16.2. The van der Waals surface area contributed by atoms with Crippen LogP contribution in [0.2, 0.25) is 0 Å². The molecule has 0 aliphatic carbocycles. The first kappa shape index (κ1) is 17.9. The van der Waals surface area contributed by atoms with Crippen molar-refractivity contribution in [3.05, 3.63) is 95.8 Å². The molecule has 2 aromatic heterocycles. The maximum absolute atomic E-state index is 13.3. The van der Waals surface area contributed by atoms with Gasteiger partial charge in [-0.1, -0.05) is 48.0 Å². The van der Waals surface area contributed by atoms with Gasteiger partial charge in [-0.05, 0) is 36.8 Å². The molecular weight excluding hydrogens is 346 g/mol. The number of para-hydroxylation sites is 1. The second kappa shape index (κ2) is 7.61. The minimum atomic E-state index is -0.0190. The molecule has 0 aliphatic rings. The first-order valence-corrected chi connectivity index (χ1v) is 9.23. The molecule has 4 nitrogen and oxygen atoms in total. The lowest BCUT2D eigenvalue weighted by molar-refractivity contribution is 0.0787. The summed E-state index contributed by atoms with van der Waals surface area (Å²) in [5.41, 5.74) is 5.49. The van der Waals surface area contributed by atoms with Gasteiger partial charge in [0, 0.05) is 36.9 Å². The molecule has 4 aromatic rings. The molecule has 4 heteroatoms. The SMILES string of the molecule is Cc1ccc(CN(C)C(=O)c2cc(-c3ccncc3)nc3ccccc23)cc1. The zero-order chi connectivity index (χ0) is 19.5. The summed E-state index contributed by atoms with van der Waals surface area (Å²) in [5.74, 6) is -0.0190. The summed E-state index contributed by atoms with van der Waals surface area (Å²) in [6.45, 7) is 2.61. The Morgan fingerprint density at radius 2 is 1.68 bits per heavy atom. The molecule has 0 radical (unpaired) electrons. The zero-order valence-corrected chi connectivity index (χ0v) is 16.0. The maximum atomic E-state index is 13.3. The van der Waals surface area contributed by atoms with E-state index in [1.165, 1.54) is 5.56 Å². The Bertz CT molecular complexity index is 1120. The summed E-state index contributed by atoms with van der Waals surface area (Å²) < 4.78 is 0. The van der Waals surface area contributed by atoms with Crippen LogP contribution in [0.4, 0.5) is 0 Å². The van der Waals surface area contributed by atoms with Gasteiger partial charge in [0.15, 0.2) is 0 Å². The molecule has 0 bridgehead atoms. The van der Waals surface area contributed by atoms with Crippen LogP contribution in [0, 0.1) is 6.92 Å². The monoisotopic (exact) mass is 367 g/mol. The average molecular weight is 367 g/mol. The standard InChI is InChI=1S/C24H21N3O/c1-17-7-9-18(10-8-17)16-27(2)24(28)21-15-23(19-11-13-25-14-12-19)26-22-6-4-3-5-20(21)22/h3-15H,16H2,1-2H3. The predicted molar refractivity (Wildman–Crippen MR) is 112 cm³/mol.